The average Bonchev–Trinajstić information content (AvgIpc) is 3.67. The van der Waals surface area contributed by atoms with Crippen molar-refractivity contribution in [2.45, 2.75) is 90.5 Å². The maximum Gasteiger partial charge on any atom is 0.316 e. The molecule has 236 valence electrons. The van der Waals surface area contributed by atoms with Gasteiger partial charge in [0.05, 0.1) is 6.04 Å². The topological polar surface area (TPSA) is 179 Å². The molecule has 0 bridgehead atoms. The molecule has 43 heavy (non-hydrogen) atoms. The molecule has 0 spiro atoms. The van der Waals surface area contributed by atoms with Crippen LogP contribution in [-0.2, 0) is 19.2 Å². The van der Waals surface area contributed by atoms with Gasteiger partial charge in [-0.3, -0.25) is 29.0 Å². The lowest BCUT2D eigenvalue weighted by atomic mass is 9.85. The van der Waals surface area contributed by atoms with Gasteiger partial charge in [0.2, 0.25) is 23.4 Å². The molecule has 1 aromatic heterocycles. The SMILES string of the molecule is CNC(=O)C(=O)C(CNC1CC1)NC(=O)C1CCCN1C(=O)C(NC(=O)NC(C(=O)c1ccccn1)C(C)C)C(C)(C)C. The number of Topliss-reactive ketones (excluding diaryl/α,β-unsaturated/α-hetero) is 2. The molecule has 0 radical (unpaired) electrons. The van der Waals surface area contributed by atoms with Gasteiger partial charge in [-0.05, 0) is 49.1 Å². The third-order valence-corrected chi connectivity index (χ3v) is 7.65. The van der Waals surface area contributed by atoms with Crippen molar-refractivity contribution in [3.05, 3.63) is 30.1 Å². The van der Waals surface area contributed by atoms with Crippen LogP contribution in [0.5, 0.6) is 0 Å². The second-order valence-corrected chi connectivity index (χ2v) is 12.6. The van der Waals surface area contributed by atoms with E-state index in [4.69, 9.17) is 0 Å². The smallest absolute Gasteiger partial charge is 0.316 e. The van der Waals surface area contributed by atoms with Crippen LogP contribution >= 0.6 is 0 Å². The van der Waals surface area contributed by atoms with E-state index in [-0.39, 0.29) is 36.5 Å². The van der Waals surface area contributed by atoms with Crippen LogP contribution in [-0.4, -0.2) is 95.5 Å². The Morgan fingerprint density at radius 3 is 2.26 bits per heavy atom. The highest BCUT2D eigenvalue weighted by atomic mass is 16.2. The van der Waals surface area contributed by atoms with Gasteiger partial charge in [-0.2, -0.15) is 0 Å². The molecule has 3 rings (SSSR count). The summed E-state index contributed by atoms with van der Waals surface area (Å²) in [7, 11) is 1.35. The molecule has 4 unspecified atom stereocenters. The van der Waals surface area contributed by atoms with Crippen molar-refractivity contribution < 1.29 is 28.8 Å². The number of aromatic nitrogens is 1. The number of nitrogens with one attached hydrogen (secondary N) is 5. The van der Waals surface area contributed by atoms with E-state index in [9.17, 15) is 28.8 Å². The van der Waals surface area contributed by atoms with Crippen molar-refractivity contribution in [2.24, 2.45) is 11.3 Å². The largest absolute Gasteiger partial charge is 0.353 e. The molecule has 2 heterocycles. The highest BCUT2D eigenvalue weighted by Crippen LogP contribution is 2.26. The van der Waals surface area contributed by atoms with Crippen LogP contribution in [0.25, 0.3) is 0 Å². The van der Waals surface area contributed by atoms with Crippen molar-refractivity contribution in [1.82, 2.24) is 36.5 Å². The Balaban J connectivity index is 1.72. The highest BCUT2D eigenvalue weighted by molar-refractivity contribution is 6.38. The molecule has 1 aliphatic carbocycles. The van der Waals surface area contributed by atoms with Crippen LogP contribution in [0.4, 0.5) is 4.79 Å². The summed E-state index contributed by atoms with van der Waals surface area (Å²) in [5.41, 5.74) is -0.529. The lowest BCUT2D eigenvalue weighted by Crippen LogP contribution is -2.61. The quantitative estimate of drug-likeness (QED) is 0.161. The van der Waals surface area contributed by atoms with Gasteiger partial charge < -0.3 is 31.5 Å². The van der Waals surface area contributed by atoms with E-state index in [0.717, 1.165) is 12.8 Å². The lowest BCUT2D eigenvalue weighted by molar-refractivity contribution is -0.143. The first-order chi connectivity index (χ1) is 20.2. The summed E-state index contributed by atoms with van der Waals surface area (Å²) in [6.45, 7) is 9.37. The molecule has 1 aromatic rings. The van der Waals surface area contributed by atoms with E-state index in [0.29, 0.717) is 12.8 Å². The monoisotopic (exact) mass is 599 g/mol. The third-order valence-electron chi connectivity index (χ3n) is 7.65. The number of likely N-dealkylation sites (tertiary alicyclic amines) is 1. The Labute approximate surface area is 252 Å². The predicted octanol–water partition coefficient (Wildman–Crippen LogP) is 0.546. The number of nitrogens with zero attached hydrogens (tertiary/aromatic N) is 2. The number of urea groups is 1. The molecular weight excluding hydrogens is 554 g/mol. The molecule has 1 aliphatic heterocycles. The van der Waals surface area contributed by atoms with Gasteiger partial charge in [0, 0.05) is 32.4 Å². The molecular formula is C30H45N7O6. The van der Waals surface area contributed by atoms with Gasteiger partial charge in [-0.15, -0.1) is 0 Å². The van der Waals surface area contributed by atoms with Crippen LogP contribution < -0.4 is 26.6 Å². The van der Waals surface area contributed by atoms with E-state index >= 15 is 0 Å². The molecule has 1 saturated heterocycles. The molecule has 0 aromatic carbocycles. The van der Waals surface area contributed by atoms with Crippen LogP contribution in [0.3, 0.4) is 0 Å². The second-order valence-electron chi connectivity index (χ2n) is 12.6. The number of hydrogen-bond acceptors (Lipinski definition) is 8. The van der Waals surface area contributed by atoms with Gasteiger partial charge in [0.15, 0.2) is 0 Å². The first kappa shape index (κ1) is 33.6. The van der Waals surface area contributed by atoms with Crippen molar-refractivity contribution in [3.63, 3.8) is 0 Å². The van der Waals surface area contributed by atoms with Crippen molar-refractivity contribution in [3.8, 4) is 0 Å². The Morgan fingerprint density at radius 2 is 1.70 bits per heavy atom. The van der Waals surface area contributed by atoms with E-state index in [1.54, 1.807) is 52.8 Å². The van der Waals surface area contributed by atoms with Gasteiger partial charge in [0.1, 0.15) is 23.8 Å². The van der Waals surface area contributed by atoms with Gasteiger partial charge in [-0.1, -0.05) is 40.7 Å². The van der Waals surface area contributed by atoms with Gasteiger partial charge in [-0.25, -0.2) is 4.79 Å². The van der Waals surface area contributed by atoms with E-state index in [2.05, 4.69) is 31.6 Å². The molecule has 5 amide bonds. The highest BCUT2D eigenvalue weighted by Gasteiger charge is 2.43. The number of pyridine rings is 1. The molecule has 2 fully saturated rings. The summed E-state index contributed by atoms with van der Waals surface area (Å²) in [5, 5.41) is 13.6. The van der Waals surface area contributed by atoms with Crippen LogP contribution in [0.2, 0.25) is 0 Å². The average molecular weight is 600 g/mol. The van der Waals surface area contributed by atoms with Crippen LogP contribution in [0, 0.1) is 11.3 Å². The number of rotatable bonds is 13. The minimum absolute atomic E-state index is 0.101. The minimum Gasteiger partial charge on any atom is -0.353 e. The number of likely N-dealkylation sites (N-methyl/N-ethyl adjacent to an activating group) is 1. The van der Waals surface area contributed by atoms with Crippen molar-refractivity contribution in [1.29, 1.82) is 0 Å². The fraction of sp³-hybridized carbons (Fsp3) is 0.633. The van der Waals surface area contributed by atoms with E-state index in [1.807, 2.05) is 0 Å². The number of amides is 5. The zero-order valence-electron chi connectivity index (χ0n) is 25.9. The fourth-order valence-electron chi connectivity index (χ4n) is 4.96. The molecule has 2 aliphatic rings. The first-order valence-electron chi connectivity index (χ1n) is 14.9. The lowest BCUT2D eigenvalue weighted by Gasteiger charge is -2.36. The Kier molecular flexibility index (Phi) is 11.4. The second kappa shape index (κ2) is 14.5. The van der Waals surface area contributed by atoms with Crippen LogP contribution in [0.15, 0.2) is 24.4 Å². The minimum atomic E-state index is -1.09. The molecule has 13 heteroatoms. The summed E-state index contributed by atoms with van der Waals surface area (Å²) in [6, 6.07) is 0.640. The van der Waals surface area contributed by atoms with Crippen molar-refractivity contribution >= 4 is 35.3 Å². The molecule has 1 saturated carbocycles. The number of ketones is 2. The zero-order chi connectivity index (χ0) is 31.9. The third kappa shape index (κ3) is 9.06. The van der Waals surface area contributed by atoms with E-state index in [1.165, 1.54) is 18.1 Å². The summed E-state index contributed by atoms with van der Waals surface area (Å²) < 4.78 is 0. The van der Waals surface area contributed by atoms with Crippen molar-refractivity contribution in [2.75, 3.05) is 20.1 Å². The summed E-state index contributed by atoms with van der Waals surface area (Å²) in [4.78, 5) is 83.8. The molecule has 13 nitrogen and oxygen atoms in total. The predicted molar refractivity (Wildman–Crippen MR) is 159 cm³/mol. The Morgan fingerprint density at radius 1 is 1.00 bits per heavy atom. The summed E-state index contributed by atoms with van der Waals surface area (Å²) in [6.07, 6.45) is 4.34. The summed E-state index contributed by atoms with van der Waals surface area (Å²) in [5.74, 6) is -3.18. The zero-order valence-corrected chi connectivity index (χ0v) is 25.9. The maximum absolute atomic E-state index is 13.9. The van der Waals surface area contributed by atoms with Crippen LogP contribution in [0.1, 0.15) is 70.8 Å². The fourth-order valence-corrected chi connectivity index (χ4v) is 4.96. The van der Waals surface area contributed by atoms with Gasteiger partial charge >= 0.3 is 6.03 Å². The van der Waals surface area contributed by atoms with E-state index < -0.39 is 59.1 Å². The normalized spacial score (nSPS) is 18.8. The number of carbonyl (C=O) groups excluding carboxylic acids is 6. The standard InChI is InChI=1S/C30H45N7O6/c1-17(2)22(23(38)19-10-7-8-14-32-19)35-29(43)36-25(30(3,4)5)28(42)37-15-9-11-21(37)26(40)34-20(16-33-18-12-13-18)24(39)27(41)31-6/h7-8,10,14,17-18,20-22,25,33H,9,11-13,15-16H2,1-6H3,(H,31,41)(H,34,40)(H2,35,36,43). The Bertz CT molecular complexity index is 1200. The summed E-state index contributed by atoms with van der Waals surface area (Å²) >= 11 is 0. The van der Waals surface area contributed by atoms with Gasteiger partial charge in [0.25, 0.3) is 5.91 Å². The number of hydrogen-bond donors (Lipinski definition) is 5. The molecule has 4 atom stereocenters. The Hall–Kier alpha value is -3.87. The number of carbonyl (C=O) groups is 6. The molecule has 5 N–H and O–H groups in total. The first-order valence-corrected chi connectivity index (χ1v) is 14.9. The maximum atomic E-state index is 13.9.